The Labute approximate surface area is 138 Å². The van der Waals surface area contributed by atoms with Gasteiger partial charge in [0.2, 0.25) is 5.70 Å². The Morgan fingerprint density at radius 3 is 2.57 bits per heavy atom. The second kappa shape index (κ2) is 5.49. The first-order valence-electron chi connectivity index (χ1n) is 8.26. The monoisotopic (exact) mass is 305 g/mol. The number of carbonyl (C=O) groups is 1. The number of hydrogen-bond acceptors (Lipinski definition) is 1. The third kappa shape index (κ3) is 2.65. The van der Waals surface area contributed by atoms with Crippen LogP contribution < -0.4 is 0 Å². The Kier molecular flexibility index (Phi) is 3.76. The van der Waals surface area contributed by atoms with Crippen LogP contribution in [0.1, 0.15) is 45.6 Å². The molecule has 1 aromatic rings. The molecule has 23 heavy (non-hydrogen) atoms. The van der Waals surface area contributed by atoms with Crippen molar-refractivity contribution in [2.75, 3.05) is 0 Å². The van der Waals surface area contributed by atoms with Gasteiger partial charge in [-0.25, -0.2) is 4.85 Å². The summed E-state index contributed by atoms with van der Waals surface area (Å²) in [5.41, 5.74) is 2.43. The summed E-state index contributed by atoms with van der Waals surface area (Å²) in [5.74, 6) is 0.325. The molecule has 0 amide bonds. The lowest BCUT2D eigenvalue weighted by molar-refractivity contribution is -0.130. The van der Waals surface area contributed by atoms with Crippen LogP contribution in [0.4, 0.5) is 0 Å². The zero-order valence-corrected chi connectivity index (χ0v) is 14.1. The molecule has 0 N–H and O–H groups in total. The van der Waals surface area contributed by atoms with Crippen LogP contribution in [0.5, 0.6) is 0 Å². The maximum atomic E-state index is 12.6. The molecule has 0 bridgehead atoms. The summed E-state index contributed by atoms with van der Waals surface area (Å²) in [4.78, 5) is 16.1. The second-order valence-corrected chi connectivity index (χ2v) is 7.68. The lowest BCUT2D eigenvalue weighted by Gasteiger charge is -2.51. The smallest absolute Gasteiger partial charge is 0.226 e. The minimum atomic E-state index is -0.443. The van der Waals surface area contributed by atoms with E-state index in [-0.39, 0.29) is 11.2 Å². The van der Waals surface area contributed by atoms with Gasteiger partial charge in [-0.15, -0.1) is 0 Å². The van der Waals surface area contributed by atoms with Crippen LogP contribution in [0.3, 0.4) is 0 Å². The maximum absolute atomic E-state index is 12.6. The van der Waals surface area contributed by atoms with Crippen LogP contribution in [0.2, 0.25) is 0 Å². The van der Waals surface area contributed by atoms with Crippen LogP contribution >= 0.6 is 0 Å². The molecule has 1 saturated carbocycles. The van der Waals surface area contributed by atoms with Crippen LogP contribution in [-0.4, -0.2) is 5.78 Å². The Balaban J connectivity index is 1.98. The number of ketones is 1. The van der Waals surface area contributed by atoms with Crippen LogP contribution in [0, 0.1) is 23.3 Å². The number of benzene rings is 1. The molecule has 2 atom stereocenters. The fourth-order valence-corrected chi connectivity index (χ4v) is 4.55. The number of nitrogens with zero attached hydrogens (tertiary/aromatic N) is 1. The molecule has 1 aromatic carbocycles. The minimum absolute atomic E-state index is 0.0189. The van der Waals surface area contributed by atoms with Gasteiger partial charge in [0.15, 0.2) is 5.78 Å². The van der Waals surface area contributed by atoms with E-state index >= 15 is 0 Å². The number of rotatable bonds is 1. The fourth-order valence-electron chi connectivity index (χ4n) is 4.55. The van der Waals surface area contributed by atoms with Gasteiger partial charge in [-0.3, -0.25) is 0 Å². The lowest BCUT2D eigenvalue weighted by atomic mass is 9.52. The Morgan fingerprint density at radius 1 is 1.22 bits per heavy atom. The quantitative estimate of drug-likeness (QED) is 0.646. The van der Waals surface area contributed by atoms with Gasteiger partial charge in [-0.05, 0) is 36.2 Å². The molecule has 0 aliphatic heterocycles. The largest absolute Gasteiger partial charge is 0.307 e. The van der Waals surface area contributed by atoms with E-state index < -0.39 is 5.41 Å². The predicted octanol–water partition coefficient (Wildman–Crippen LogP) is 5.29. The van der Waals surface area contributed by atoms with Crippen molar-refractivity contribution in [1.82, 2.24) is 0 Å². The van der Waals surface area contributed by atoms with E-state index in [9.17, 15) is 4.79 Å². The molecule has 0 aromatic heterocycles. The van der Waals surface area contributed by atoms with Gasteiger partial charge in [-0.1, -0.05) is 68.8 Å². The van der Waals surface area contributed by atoms with Crippen LogP contribution in [0.25, 0.3) is 10.9 Å². The predicted molar refractivity (Wildman–Crippen MR) is 93.3 cm³/mol. The van der Waals surface area contributed by atoms with Crippen molar-refractivity contribution in [2.24, 2.45) is 16.7 Å². The van der Waals surface area contributed by atoms with Gasteiger partial charge in [-0.2, -0.15) is 0 Å². The van der Waals surface area contributed by atoms with Crippen molar-refractivity contribution < 1.29 is 4.79 Å². The Hall–Kier alpha value is -2.14. The van der Waals surface area contributed by atoms with Crippen molar-refractivity contribution in [2.45, 2.75) is 40.0 Å². The average Bonchev–Trinajstić information content (AvgIpc) is 2.52. The standard InChI is InChI=1S/C21H23NO/c1-20(2)18-11-10-16(12-15-8-6-5-7-9-15)13-21(18,3)14-17(22-4)19(20)23/h5-9,12,14,18H,10-11,13H2,1-3H3/b16-12+/t18-,21-/m0/s1. The van der Waals surface area contributed by atoms with Gasteiger partial charge < -0.3 is 4.79 Å². The molecule has 0 saturated heterocycles. The Bertz CT molecular complexity index is 733. The normalized spacial score (nSPS) is 31.2. The molecular formula is C21H23NO. The van der Waals surface area contributed by atoms with Gasteiger partial charge in [0.1, 0.15) is 0 Å². The lowest BCUT2D eigenvalue weighted by Crippen LogP contribution is -2.48. The zero-order valence-electron chi connectivity index (χ0n) is 14.1. The molecule has 2 nitrogen and oxygen atoms in total. The molecule has 0 radical (unpaired) electrons. The molecule has 0 heterocycles. The molecule has 2 aliphatic rings. The molecular weight excluding hydrogens is 282 g/mol. The first-order valence-corrected chi connectivity index (χ1v) is 8.26. The SMILES string of the molecule is [C-]#[N+]C1=C[C@]2(C)C/C(=C/c3ccccc3)CC[C@H]2C(C)(C)C1=O. The van der Waals surface area contributed by atoms with Crippen molar-refractivity contribution in [3.8, 4) is 0 Å². The van der Waals surface area contributed by atoms with Crippen LogP contribution in [-0.2, 0) is 4.79 Å². The molecule has 118 valence electrons. The minimum Gasteiger partial charge on any atom is -0.307 e. The highest BCUT2D eigenvalue weighted by Gasteiger charge is 2.52. The summed E-state index contributed by atoms with van der Waals surface area (Å²) < 4.78 is 0. The number of hydrogen-bond donors (Lipinski definition) is 0. The molecule has 0 spiro atoms. The number of allylic oxidation sites excluding steroid dienone is 3. The highest BCUT2D eigenvalue weighted by Crippen LogP contribution is 2.56. The van der Waals surface area contributed by atoms with Gasteiger partial charge in [0.05, 0.1) is 6.57 Å². The van der Waals surface area contributed by atoms with Gasteiger partial charge >= 0.3 is 0 Å². The van der Waals surface area contributed by atoms with Crippen molar-refractivity contribution in [1.29, 1.82) is 0 Å². The van der Waals surface area contributed by atoms with Crippen molar-refractivity contribution in [3.63, 3.8) is 0 Å². The van der Waals surface area contributed by atoms with Crippen molar-refractivity contribution >= 4 is 11.9 Å². The third-order valence-corrected chi connectivity index (χ3v) is 5.60. The molecule has 1 fully saturated rings. The van der Waals surface area contributed by atoms with Gasteiger partial charge in [0, 0.05) is 5.41 Å². The summed E-state index contributed by atoms with van der Waals surface area (Å²) in [6, 6.07) is 10.4. The highest BCUT2D eigenvalue weighted by atomic mass is 16.1. The summed E-state index contributed by atoms with van der Waals surface area (Å²) in [5, 5.41) is 0. The van der Waals surface area contributed by atoms with E-state index in [1.54, 1.807) is 0 Å². The first kappa shape index (κ1) is 15.7. The first-order chi connectivity index (χ1) is 10.9. The second-order valence-electron chi connectivity index (χ2n) is 7.68. The number of carbonyl (C=O) groups excluding carboxylic acids is 1. The fraction of sp³-hybridized carbons (Fsp3) is 0.429. The van der Waals surface area contributed by atoms with E-state index in [1.807, 2.05) is 26.0 Å². The molecule has 0 unspecified atom stereocenters. The summed E-state index contributed by atoms with van der Waals surface area (Å²) in [7, 11) is 0. The van der Waals surface area contributed by atoms with Gasteiger partial charge in [0.25, 0.3) is 0 Å². The maximum Gasteiger partial charge on any atom is 0.226 e. The number of Topliss-reactive ketones (excluding diaryl/α,β-unsaturated/α-hetero) is 1. The topological polar surface area (TPSA) is 21.4 Å². The van der Waals surface area contributed by atoms with Crippen LogP contribution in [0.15, 0.2) is 47.7 Å². The summed E-state index contributed by atoms with van der Waals surface area (Å²) in [6.07, 6.45) is 7.21. The summed E-state index contributed by atoms with van der Waals surface area (Å²) in [6.45, 7) is 13.6. The average molecular weight is 305 g/mol. The van der Waals surface area contributed by atoms with E-state index in [0.717, 1.165) is 19.3 Å². The molecule has 2 heteroatoms. The van der Waals surface area contributed by atoms with Crippen molar-refractivity contribution in [3.05, 3.63) is 64.7 Å². The summed E-state index contributed by atoms with van der Waals surface area (Å²) >= 11 is 0. The van der Waals surface area contributed by atoms with E-state index in [4.69, 9.17) is 6.57 Å². The Morgan fingerprint density at radius 2 is 1.91 bits per heavy atom. The molecule has 2 aliphatic carbocycles. The highest BCUT2D eigenvalue weighted by molar-refractivity contribution is 6.02. The molecule has 3 rings (SSSR count). The van der Waals surface area contributed by atoms with E-state index in [1.165, 1.54) is 11.1 Å². The third-order valence-electron chi connectivity index (χ3n) is 5.60. The van der Waals surface area contributed by atoms with E-state index in [2.05, 4.69) is 42.1 Å². The number of fused-ring (bicyclic) bond motifs is 1. The zero-order chi connectivity index (χ0) is 16.7. The van der Waals surface area contributed by atoms with E-state index in [0.29, 0.717) is 11.6 Å².